The van der Waals surface area contributed by atoms with Gasteiger partial charge in [-0.3, -0.25) is 14.4 Å². The second-order valence-corrected chi connectivity index (χ2v) is 6.71. The summed E-state index contributed by atoms with van der Waals surface area (Å²) in [6, 6.07) is -0.598. The molecule has 0 spiro atoms. The molecule has 0 radical (unpaired) electrons. The lowest BCUT2D eigenvalue weighted by Gasteiger charge is -2.08. The van der Waals surface area contributed by atoms with Gasteiger partial charge in [0, 0.05) is 19.4 Å². The van der Waals surface area contributed by atoms with Crippen LogP contribution >= 0.6 is 15.9 Å². The fraction of sp³-hybridized carbons (Fsp3) is 0.765. The highest BCUT2D eigenvalue weighted by atomic mass is 79.9. The van der Waals surface area contributed by atoms with Gasteiger partial charge in [0.15, 0.2) is 0 Å². The molecule has 142 valence electrons. The molecule has 8 heteroatoms. The van der Waals surface area contributed by atoms with Crippen molar-refractivity contribution >= 4 is 39.5 Å². The average Bonchev–Trinajstić information content (AvgIpc) is 2.97. The van der Waals surface area contributed by atoms with Crippen molar-refractivity contribution < 1.29 is 23.9 Å². The lowest BCUT2D eigenvalue weighted by molar-refractivity contribution is -0.142. The van der Waals surface area contributed by atoms with Crippen LogP contribution in [0.25, 0.3) is 0 Å². The Hall–Kier alpha value is -1.44. The first kappa shape index (κ1) is 21.6. The van der Waals surface area contributed by atoms with Crippen LogP contribution in [0, 0.1) is 0 Å². The van der Waals surface area contributed by atoms with Crippen molar-refractivity contribution in [2.24, 2.45) is 0 Å². The summed E-state index contributed by atoms with van der Waals surface area (Å²) < 4.78 is 4.75. The molecule has 0 unspecified atom stereocenters. The van der Waals surface area contributed by atoms with E-state index >= 15 is 0 Å². The zero-order valence-corrected chi connectivity index (χ0v) is 16.1. The number of hydrogen-bond acceptors (Lipinski definition) is 5. The highest BCUT2D eigenvalue weighted by Gasteiger charge is 2.28. The second kappa shape index (κ2) is 12.9. The maximum atomic E-state index is 11.8. The molecule has 0 aromatic carbocycles. The topological polar surface area (TPSA) is 102 Å². The molecule has 1 saturated heterocycles. The van der Waals surface area contributed by atoms with E-state index in [2.05, 4.69) is 26.6 Å². The molecule has 25 heavy (non-hydrogen) atoms. The van der Waals surface area contributed by atoms with E-state index in [1.807, 2.05) is 0 Å². The average molecular weight is 419 g/mol. The predicted octanol–water partition coefficient (Wildman–Crippen LogP) is 1.62. The monoisotopic (exact) mass is 418 g/mol. The summed E-state index contributed by atoms with van der Waals surface area (Å²) in [6.07, 6.45) is 6.55. The number of halogens is 1. The number of amides is 2. The highest BCUT2D eigenvalue weighted by Crippen LogP contribution is 2.09. The van der Waals surface area contributed by atoms with Crippen molar-refractivity contribution in [3.8, 4) is 0 Å². The van der Waals surface area contributed by atoms with Gasteiger partial charge >= 0.3 is 5.97 Å². The number of esters is 1. The van der Waals surface area contributed by atoms with Crippen molar-refractivity contribution in [2.75, 3.05) is 18.5 Å². The van der Waals surface area contributed by atoms with Gasteiger partial charge in [-0.25, -0.2) is 4.79 Å². The number of unbranched alkanes of at least 4 members (excludes halogenated alkanes) is 5. The molecular formula is C17H27BrN2O5. The minimum Gasteiger partial charge on any atom is -0.464 e. The molecule has 1 rings (SSSR count). The third kappa shape index (κ3) is 10.2. The molecule has 1 heterocycles. The van der Waals surface area contributed by atoms with Gasteiger partial charge < -0.3 is 15.4 Å². The van der Waals surface area contributed by atoms with Crippen molar-refractivity contribution in [3.05, 3.63) is 0 Å². The Morgan fingerprint density at radius 1 is 1.04 bits per heavy atom. The molecule has 0 aliphatic carbocycles. The molecule has 1 aliphatic rings. The number of ether oxygens (including phenoxy) is 1. The Labute approximate surface area is 156 Å². The van der Waals surface area contributed by atoms with Crippen molar-refractivity contribution in [1.29, 1.82) is 0 Å². The predicted molar refractivity (Wildman–Crippen MR) is 96.3 cm³/mol. The number of rotatable bonds is 13. The molecule has 0 saturated carbocycles. The molecule has 0 bridgehead atoms. The van der Waals surface area contributed by atoms with Crippen LogP contribution in [0.5, 0.6) is 0 Å². The number of carbonyl (C=O) groups is 4. The standard InChI is InChI=1S/C17H27BrN2O5/c18-12-16(23)19-9-6-4-2-1-3-5-7-13(21)11-15(22)20-14-8-10-25-17(14)24/h14H,1-12H2,(H,19,23)(H,20,22)/t14-/m0/s1. The molecule has 2 amide bonds. The number of nitrogens with one attached hydrogen (secondary N) is 2. The number of carbonyl (C=O) groups excluding carboxylic acids is 4. The lowest BCUT2D eigenvalue weighted by atomic mass is 10.1. The molecule has 0 aromatic heterocycles. The van der Waals surface area contributed by atoms with Crippen LogP contribution in [0.2, 0.25) is 0 Å². The maximum absolute atomic E-state index is 11.8. The number of hydrogen-bond donors (Lipinski definition) is 2. The van der Waals surface area contributed by atoms with Crippen LogP contribution in [0.1, 0.15) is 57.8 Å². The first-order chi connectivity index (χ1) is 12.0. The normalized spacial score (nSPS) is 16.4. The number of cyclic esters (lactones) is 1. The third-order valence-corrected chi connectivity index (χ3v) is 4.46. The SMILES string of the molecule is O=C(CCCCCCCCNC(=O)CBr)CC(=O)N[C@H]1CCOC1=O. The summed E-state index contributed by atoms with van der Waals surface area (Å²) in [5.74, 6) is -0.916. The van der Waals surface area contributed by atoms with Gasteiger partial charge in [0.2, 0.25) is 11.8 Å². The summed E-state index contributed by atoms with van der Waals surface area (Å²) in [4.78, 5) is 45.7. The Morgan fingerprint density at radius 2 is 1.72 bits per heavy atom. The van der Waals surface area contributed by atoms with Crippen LogP contribution in [0.4, 0.5) is 0 Å². The van der Waals surface area contributed by atoms with Gasteiger partial charge in [0.1, 0.15) is 11.8 Å². The van der Waals surface area contributed by atoms with Crippen LogP contribution in [0.15, 0.2) is 0 Å². The molecule has 0 aromatic rings. The van der Waals surface area contributed by atoms with Gasteiger partial charge in [-0.15, -0.1) is 0 Å². The molecule has 1 fully saturated rings. The molecule has 2 N–H and O–H groups in total. The third-order valence-electron chi connectivity index (χ3n) is 3.95. The van der Waals surface area contributed by atoms with Crippen molar-refractivity contribution in [1.82, 2.24) is 10.6 Å². The van der Waals surface area contributed by atoms with Gasteiger partial charge in [-0.2, -0.15) is 0 Å². The lowest BCUT2D eigenvalue weighted by Crippen LogP contribution is -2.38. The maximum Gasteiger partial charge on any atom is 0.328 e. The summed E-state index contributed by atoms with van der Waals surface area (Å²) >= 11 is 3.09. The largest absolute Gasteiger partial charge is 0.464 e. The molecule has 1 atom stereocenters. The van der Waals surface area contributed by atoms with Crippen LogP contribution in [-0.2, 0) is 23.9 Å². The summed E-state index contributed by atoms with van der Waals surface area (Å²) in [5.41, 5.74) is 0. The highest BCUT2D eigenvalue weighted by molar-refractivity contribution is 9.09. The van der Waals surface area contributed by atoms with E-state index in [0.29, 0.717) is 31.3 Å². The smallest absolute Gasteiger partial charge is 0.328 e. The van der Waals surface area contributed by atoms with Gasteiger partial charge in [0.25, 0.3) is 0 Å². The zero-order chi connectivity index (χ0) is 18.5. The van der Waals surface area contributed by atoms with Crippen LogP contribution < -0.4 is 10.6 Å². The fourth-order valence-electron chi connectivity index (χ4n) is 2.57. The molecular weight excluding hydrogens is 392 g/mol. The fourth-order valence-corrected chi connectivity index (χ4v) is 2.77. The summed E-state index contributed by atoms with van der Waals surface area (Å²) in [5, 5.41) is 5.67. The van der Waals surface area contributed by atoms with Crippen molar-refractivity contribution in [3.63, 3.8) is 0 Å². The van der Waals surface area contributed by atoms with Gasteiger partial charge in [-0.05, 0) is 12.8 Å². The minimum absolute atomic E-state index is 0.00683. The van der Waals surface area contributed by atoms with E-state index < -0.39 is 17.9 Å². The van der Waals surface area contributed by atoms with Crippen LogP contribution in [0.3, 0.4) is 0 Å². The molecule has 1 aliphatic heterocycles. The second-order valence-electron chi connectivity index (χ2n) is 6.15. The number of Topliss-reactive ketones (excluding diaryl/α,β-unsaturated/α-hetero) is 1. The first-order valence-corrected chi connectivity index (χ1v) is 9.95. The zero-order valence-electron chi connectivity index (χ0n) is 14.5. The van der Waals surface area contributed by atoms with E-state index in [1.165, 1.54) is 0 Å². The van der Waals surface area contributed by atoms with E-state index in [1.54, 1.807) is 0 Å². The quantitative estimate of drug-likeness (QED) is 0.205. The number of ketones is 1. The van der Waals surface area contributed by atoms with Crippen molar-refractivity contribution in [2.45, 2.75) is 63.8 Å². The van der Waals surface area contributed by atoms with Crippen LogP contribution in [-0.4, -0.2) is 48.1 Å². The Bertz CT molecular complexity index is 470. The summed E-state index contributed by atoms with van der Waals surface area (Å²) in [6.45, 7) is 1.02. The van der Waals surface area contributed by atoms with E-state index in [-0.39, 0.29) is 18.1 Å². The number of alkyl halides is 1. The minimum atomic E-state index is -0.598. The van der Waals surface area contributed by atoms with Gasteiger partial charge in [0.05, 0.1) is 18.4 Å². The molecule has 7 nitrogen and oxygen atoms in total. The summed E-state index contributed by atoms with van der Waals surface area (Å²) in [7, 11) is 0. The van der Waals surface area contributed by atoms with Gasteiger partial charge in [-0.1, -0.05) is 41.6 Å². The van der Waals surface area contributed by atoms with E-state index in [0.717, 1.165) is 38.5 Å². The Kier molecular flexibility index (Phi) is 11.1. The Morgan fingerprint density at radius 3 is 2.36 bits per heavy atom. The Balaban J connectivity index is 1.93. The van der Waals surface area contributed by atoms with E-state index in [9.17, 15) is 19.2 Å². The van der Waals surface area contributed by atoms with E-state index in [4.69, 9.17) is 4.74 Å². The first-order valence-electron chi connectivity index (χ1n) is 8.83.